The van der Waals surface area contributed by atoms with Crippen LogP contribution >= 0.6 is 27.3 Å². The Hall–Kier alpha value is -2.43. The van der Waals surface area contributed by atoms with E-state index >= 15 is 0 Å². The molecule has 8 nitrogen and oxygen atoms in total. The van der Waals surface area contributed by atoms with Crippen LogP contribution in [-0.4, -0.2) is 48.3 Å². The third kappa shape index (κ3) is 9.55. The fourth-order valence-corrected chi connectivity index (χ4v) is 3.43. The second-order valence-corrected chi connectivity index (χ2v) is 7.67. The number of methoxy groups -OCH3 is 1. The Kier molecular flexibility index (Phi) is 11.0. The van der Waals surface area contributed by atoms with Gasteiger partial charge in [-0.2, -0.15) is 0 Å². The topological polar surface area (TPSA) is 125 Å². The molecule has 1 amide bonds. The standard InChI is InChI=1S/C17H21BrN2O2S.C2H2O4/c1-12(13-5-6-16(22-2)15(18)10-13)20-11-17(21)19-8-7-14-4-3-9-23-14;3-1(4)2(5)6/h3-6,9-10,12,20H,7-8,11H2,1-2H3,(H,19,21);(H,3,4)(H,5,6). The molecule has 0 bridgehead atoms. The SMILES string of the molecule is COc1ccc(C(C)NCC(=O)NCCc2cccs2)cc1Br.O=C(O)C(=O)O. The van der Waals surface area contributed by atoms with Gasteiger partial charge in [-0.1, -0.05) is 12.1 Å². The third-order valence-corrected chi connectivity index (χ3v) is 5.26. The number of ether oxygens (including phenoxy) is 1. The largest absolute Gasteiger partial charge is 0.496 e. The molecular formula is C19H23BrN2O6S. The molecular weight excluding hydrogens is 464 g/mol. The van der Waals surface area contributed by atoms with Crippen molar-refractivity contribution in [3.63, 3.8) is 0 Å². The Morgan fingerprint density at radius 1 is 1.21 bits per heavy atom. The van der Waals surface area contributed by atoms with Crippen molar-refractivity contribution in [1.82, 2.24) is 10.6 Å². The molecule has 29 heavy (non-hydrogen) atoms. The minimum Gasteiger partial charge on any atom is -0.496 e. The van der Waals surface area contributed by atoms with Crippen LogP contribution in [0.3, 0.4) is 0 Å². The minimum atomic E-state index is -1.82. The maximum atomic E-state index is 11.9. The summed E-state index contributed by atoms with van der Waals surface area (Å²) in [7, 11) is 1.64. The summed E-state index contributed by atoms with van der Waals surface area (Å²) in [5, 5.41) is 23.0. The van der Waals surface area contributed by atoms with Crippen LogP contribution < -0.4 is 15.4 Å². The molecule has 0 aliphatic heterocycles. The van der Waals surface area contributed by atoms with Gasteiger partial charge in [0.2, 0.25) is 5.91 Å². The highest BCUT2D eigenvalue weighted by Crippen LogP contribution is 2.27. The summed E-state index contributed by atoms with van der Waals surface area (Å²) < 4.78 is 6.13. The maximum absolute atomic E-state index is 11.9. The van der Waals surface area contributed by atoms with Gasteiger partial charge in [0.15, 0.2) is 0 Å². The molecule has 1 aromatic carbocycles. The average Bonchev–Trinajstić information content (AvgIpc) is 3.20. The van der Waals surface area contributed by atoms with E-state index in [0.717, 1.165) is 22.2 Å². The van der Waals surface area contributed by atoms with E-state index in [9.17, 15) is 4.79 Å². The predicted octanol–water partition coefficient (Wildman–Crippen LogP) is 2.68. The molecule has 1 heterocycles. The molecule has 0 aliphatic carbocycles. The van der Waals surface area contributed by atoms with Crippen LogP contribution in [-0.2, 0) is 20.8 Å². The lowest BCUT2D eigenvalue weighted by Gasteiger charge is -2.15. The number of hydrogen-bond acceptors (Lipinski definition) is 6. The number of amides is 1. The van der Waals surface area contributed by atoms with Gasteiger partial charge in [0.1, 0.15) is 5.75 Å². The smallest absolute Gasteiger partial charge is 0.414 e. The molecule has 4 N–H and O–H groups in total. The Morgan fingerprint density at radius 3 is 2.41 bits per heavy atom. The zero-order valence-corrected chi connectivity index (χ0v) is 18.4. The lowest BCUT2D eigenvalue weighted by atomic mass is 10.1. The first kappa shape index (κ1) is 24.6. The fraction of sp³-hybridized carbons (Fsp3) is 0.316. The third-order valence-electron chi connectivity index (χ3n) is 3.70. The molecule has 0 radical (unpaired) electrons. The van der Waals surface area contributed by atoms with E-state index < -0.39 is 11.9 Å². The molecule has 0 aliphatic rings. The van der Waals surface area contributed by atoms with E-state index in [1.165, 1.54) is 4.88 Å². The molecule has 1 aromatic heterocycles. The van der Waals surface area contributed by atoms with Crippen LogP contribution in [0.4, 0.5) is 0 Å². The summed E-state index contributed by atoms with van der Waals surface area (Å²) in [6.45, 7) is 3.01. The first-order chi connectivity index (χ1) is 13.7. The van der Waals surface area contributed by atoms with E-state index in [1.807, 2.05) is 36.6 Å². The van der Waals surface area contributed by atoms with Crippen LogP contribution in [0, 0.1) is 0 Å². The van der Waals surface area contributed by atoms with E-state index in [2.05, 4.69) is 32.6 Å². The number of benzene rings is 1. The lowest BCUT2D eigenvalue weighted by Crippen LogP contribution is -2.35. The fourth-order valence-electron chi connectivity index (χ4n) is 2.16. The van der Waals surface area contributed by atoms with Gasteiger partial charge in [-0.25, -0.2) is 9.59 Å². The van der Waals surface area contributed by atoms with Crippen molar-refractivity contribution < 1.29 is 29.3 Å². The van der Waals surface area contributed by atoms with Gasteiger partial charge >= 0.3 is 11.9 Å². The van der Waals surface area contributed by atoms with Crippen molar-refractivity contribution in [2.45, 2.75) is 19.4 Å². The Morgan fingerprint density at radius 2 is 1.90 bits per heavy atom. The van der Waals surface area contributed by atoms with Crippen LogP contribution in [0.5, 0.6) is 5.75 Å². The molecule has 0 spiro atoms. The van der Waals surface area contributed by atoms with Gasteiger partial charge in [0.05, 0.1) is 18.1 Å². The number of halogens is 1. The number of thiophene rings is 1. The van der Waals surface area contributed by atoms with Gasteiger partial charge in [-0.3, -0.25) is 4.79 Å². The number of carbonyl (C=O) groups excluding carboxylic acids is 1. The lowest BCUT2D eigenvalue weighted by molar-refractivity contribution is -0.159. The Labute approximate surface area is 181 Å². The molecule has 1 atom stereocenters. The Bertz CT molecular complexity index is 801. The first-order valence-corrected chi connectivity index (χ1v) is 10.2. The first-order valence-electron chi connectivity index (χ1n) is 8.56. The minimum absolute atomic E-state index is 0.0148. The molecule has 0 fully saturated rings. The van der Waals surface area contributed by atoms with Gasteiger partial charge in [0.25, 0.3) is 0 Å². The molecule has 10 heteroatoms. The van der Waals surface area contributed by atoms with Crippen molar-refractivity contribution >= 4 is 45.1 Å². The highest BCUT2D eigenvalue weighted by molar-refractivity contribution is 9.10. The van der Waals surface area contributed by atoms with Crippen molar-refractivity contribution in [1.29, 1.82) is 0 Å². The van der Waals surface area contributed by atoms with E-state index in [4.69, 9.17) is 24.5 Å². The van der Waals surface area contributed by atoms with E-state index in [1.54, 1.807) is 18.4 Å². The predicted molar refractivity (Wildman–Crippen MR) is 113 cm³/mol. The van der Waals surface area contributed by atoms with Crippen LogP contribution in [0.25, 0.3) is 0 Å². The quantitative estimate of drug-likeness (QED) is 0.422. The summed E-state index contributed by atoms with van der Waals surface area (Å²) in [5.41, 5.74) is 1.10. The van der Waals surface area contributed by atoms with Crippen LogP contribution in [0.1, 0.15) is 23.4 Å². The van der Waals surface area contributed by atoms with Gasteiger partial charge < -0.3 is 25.6 Å². The number of carbonyl (C=O) groups is 3. The second kappa shape index (κ2) is 12.9. The van der Waals surface area contributed by atoms with Crippen LogP contribution in [0.2, 0.25) is 0 Å². The zero-order chi connectivity index (χ0) is 21.8. The normalized spacial score (nSPS) is 11.0. The summed E-state index contributed by atoms with van der Waals surface area (Å²) in [4.78, 5) is 31.4. The number of carboxylic acid groups (broad SMARTS) is 2. The monoisotopic (exact) mass is 486 g/mol. The number of hydrogen-bond donors (Lipinski definition) is 4. The van der Waals surface area contributed by atoms with Crippen molar-refractivity contribution in [3.05, 3.63) is 50.6 Å². The number of carboxylic acids is 2. The molecule has 2 aromatic rings. The van der Waals surface area contributed by atoms with Crippen molar-refractivity contribution in [3.8, 4) is 5.75 Å². The van der Waals surface area contributed by atoms with Crippen molar-refractivity contribution in [2.75, 3.05) is 20.2 Å². The van der Waals surface area contributed by atoms with Crippen molar-refractivity contribution in [2.24, 2.45) is 0 Å². The molecule has 158 valence electrons. The van der Waals surface area contributed by atoms with Gasteiger partial charge in [-0.15, -0.1) is 11.3 Å². The summed E-state index contributed by atoms with van der Waals surface area (Å²) in [6.07, 6.45) is 0.879. The van der Waals surface area contributed by atoms with Crippen LogP contribution in [0.15, 0.2) is 40.2 Å². The zero-order valence-electron chi connectivity index (χ0n) is 16.0. The number of nitrogens with one attached hydrogen (secondary N) is 2. The molecule has 2 rings (SSSR count). The summed E-state index contributed by atoms with van der Waals surface area (Å²) in [5.74, 6) is -2.83. The van der Waals surface area contributed by atoms with Gasteiger partial charge in [-0.05, 0) is 58.4 Å². The highest BCUT2D eigenvalue weighted by atomic mass is 79.9. The molecule has 1 unspecified atom stereocenters. The number of aliphatic carboxylic acids is 2. The van der Waals surface area contributed by atoms with E-state index in [-0.39, 0.29) is 11.9 Å². The summed E-state index contributed by atoms with van der Waals surface area (Å²) in [6, 6.07) is 10.1. The molecule has 0 saturated carbocycles. The summed E-state index contributed by atoms with van der Waals surface area (Å²) >= 11 is 5.19. The molecule has 0 saturated heterocycles. The van der Waals surface area contributed by atoms with Gasteiger partial charge in [0, 0.05) is 17.5 Å². The van der Waals surface area contributed by atoms with E-state index in [0.29, 0.717) is 13.1 Å². The maximum Gasteiger partial charge on any atom is 0.414 e. The second-order valence-electron chi connectivity index (χ2n) is 5.79. The highest BCUT2D eigenvalue weighted by Gasteiger charge is 2.10. The average molecular weight is 487 g/mol. The Balaban J connectivity index is 0.000000612. The number of rotatable bonds is 8.